The maximum Gasteiger partial charge on any atom is 0.329 e. The lowest BCUT2D eigenvalue weighted by atomic mass is 10.1. The van der Waals surface area contributed by atoms with E-state index in [9.17, 15) is 23.9 Å². The minimum Gasteiger partial charge on any atom is -0.387 e. The van der Waals surface area contributed by atoms with Crippen LogP contribution in [0.3, 0.4) is 0 Å². The van der Waals surface area contributed by atoms with Crippen molar-refractivity contribution in [2.75, 3.05) is 16.8 Å². The van der Waals surface area contributed by atoms with Gasteiger partial charge in [0.15, 0.2) is 0 Å². The van der Waals surface area contributed by atoms with Crippen LogP contribution in [0.25, 0.3) is 0 Å². The van der Waals surface area contributed by atoms with E-state index in [0.29, 0.717) is 16.9 Å². The lowest BCUT2D eigenvalue weighted by molar-refractivity contribution is -0.117. The summed E-state index contributed by atoms with van der Waals surface area (Å²) in [5, 5.41) is 17.7. The van der Waals surface area contributed by atoms with Gasteiger partial charge in [-0.3, -0.25) is 4.79 Å². The predicted molar refractivity (Wildman–Crippen MR) is 110 cm³/mol. The van der Waals surface area contributed by atoms with E-state index in [4.69, 9.17) is 11.6 Å². The molecule has 1 heterocycles. The number of carbonyl (C=O) groups is 3. The molecule has 2 aromatic carbocycles. The molecule has 5 amide bonds. The molecule has 0 aliphatic carbocycles. The number of benzene rings is 2. The van der Waals surface area contributed by atoms with Gasteiger partial charge in [0.2, 0.25) is 0 Å². The molecule has 0 radical (unpaired) electrons. The Morgan fingerprint density at radius 1 is 1.33 bits per heavy atom. The Bertz CT molecular complexity index is 1020. The van der Waals surface area contributed by atoms with Crippen molar-refractivity contribution in [3.63, 3.8) is 0 Å². The molecule has 8 nitrogen and oxygen atoms in total. The number of rotatable bonds is 5. The number of hydrogen-bond donors (Lipinski definition) is 4. The van der Waals surface area contributed by atoms with Crippen LogP contribution in [-0.4, -0.2) is 35.7 Å². The molecular formula is C20H20ClFN4O4. The lowest BCUT2D eigenvalue weighted by Gasteiger charge is -2.19. The highest BCUT2D eigenvalue weighted by Gasteiger charge is 2.37. The molecule has 0 unspecified atom stereocenters. The smallest absolute Gasteiger partial charge is 0.329 e. The number of aliphatic hydroxyl groups is 1. The van der Waals surface area contributed by atoms with E-state index in [-0.39, 0.29) is 23.0 Å². The predicted octanol–water partition coefficient (Wildman–Crippen LogP) is 3.09. The number of anilines is 2. The number of urea groups is 2. The lowest BCUT2D eigenvalue weighted by Crippen LogP contribution is -2.33. The summed E-state index contributed by atoms with van der Waals surface area (Å²) >= 11 is 5.62. The van der Waals surface area contributed by atoms with E-state index in [2.05, 4.69) is 16.0 Å². The molecule has 0 saturated carbocycles. The van der Waals surface area contributed by atoms with Crippen LogP contribution in [-0.2, 0) is 4.79 Å². The minimum atomic E-state index is -1.14. The van der Waals surface area contributed by atoms with Crippen molar-refractivity contribution < 1.29 is 23.9 Å². The molecule has 158 valence electrons. The molecule has 4 N–H and O–H groups in total. The van der Waals surface area contributed by atoms with Gasteiger partial charge in [0.1, 0.15) is 11.9 Å². The van der Waals surface area contributed by atoms with E-state index in [1.54, 1.807) is 32.0 Å². The monoisotopic (exact) mass is 434 g/mol. The SMILES string of the molecule is Cc1c(NC(=O)NC[C@@H](O)c2ccc(Cl)c(F)c2)cccc1N1C(=O)N[C@@H](C)C1=O. The van der Waals surface area contributed by atoms with Crippen molar-refractivity contribution in [3.05, 3.63) is 58.4 Å². The Labute approximate surface area is 177 Å². The van der Waals surface area contributed by atoms with Crippen LogP contribution in [0.4, 0.5) is 25.4 Å². The molecule has 1 fully saturated rings. The number of amides is 5. The number of aliphatic hydroxyl groups excluding tert-OH is 1. The highest BCUT2D eigenvalue weighted by molar-refractivity contribution is 6.30. The zero-order valence-corrected chi connectivity index (χ0v) is 17.0. The summed E-state index contributed by atoms with van der Waals surface area (Å²) in [6.07, 6.45) is -1.14. The average Bonchev–Trinajstić information content (AvgIpc) is 2.95. The van der Waals surface area contributed by atoms with Gasteiger partial charge in [-0.1, -0.05) is 23.7 Å². The fourth-order valence-electron chi connectivity index (χ4n) is 3.03. The molecule has 3 rings (SSSR count). The van der Waals surface area contributed by atoms with Gasteiger partial charge in [0.05, 0.1) is 16.8 Å². The van der Waals surface area contributed by atoms with Crippen molar-refractivity contribution >= 4 is 40.9 Å². The highest BCUT2D eigenvalue weighted by atomic mass is 35.5. The van der Waals surface area contributed by atoms with Gasteiger partial charge in [0, 0.05) is 12.2 Å². The molecule has 10 heteroatoms. The molecular weight excluding hydrogens is 415 g/mol. The van der Waals surface area contributed by atoms with Crippen LogP contribution in [0, 0.1) is 12.7 Å². The van der Waals surface area contributed by atoms with Crippen LogP contribution in [0.15, 0.2) is 36.4 Å². The van der Waals surface area contributed by atoms with Crippen LogP contribution < -0.4 is 20.9 Å². The average molecular weight is 435 g/mol. The van der Waals surface area contributed by atoms with Gasteiger partial charge >= 0.3 is 12.1 Å². The number of imide groups is 1. The Kier molecular flexibility index (Phi) is 6.23. The van der Waals surface area contributed by atoms with Gasteiger partial charge < -0.3 is 21.1 Å². The zero-order valence-electron chi connectivity index (χ0n) is 16.2. The first-order valence-electron chi connectivity index (χ1n) is 9.11. The number of hydrogen-bond acceptors (Lipinski definition) is 4. The molecule has 2 aromatic rings. The standard InChI is InChI=1S/C20H20ClFN4O4/c1-10-15(4-3-5-16(10)26-18(28)11(2)24-20(26)30)25-19(29)23-9-17(27)12-6-7-13(21)14(22)8-12/h3-8,11,17,27H,9H2,1-2H3,(H,24,30)(H2,23,25,29)/t11-,17+/m0/s1. The topological polar surface area (TPSA) is 111 Å². The maximum absolute atomic E-state index is 13.5. The third kappa shape index (κ3) is 4.37. The van der Waals surface area contributed by atoms with E-state index in [0.717, 1.165) is 11.0 Å². The summed E-state index contributed by atoms with van der Waals surface area (Å²) in [7, 11) is 0. The van der Waals surface area contributed by atoms with E-state index in [1.165, 1.54) is 12.1 Å². The van der Waals surface area contributed by atoms with Crippen LogP contribution in [0.2, 0.25) is 5.02 Å². The first-order chi connectivity index (χ1) is 14.2. The van der Waals surface area contributed by atoms with Crippen molar-refractivity contribution in [2.24, 2.45) is 0 Å². The first kappa shape index (κ1) is 21.5. The Morgan fingerprint density at radius 2 is 2.07 bits per heavy atom. The Morgan fingerprint density at radius 3 is 2.70 bits per heavy atom. The third-order valence-electron chi connectivity index (χ3n) is 4.71. The molecule has 30 heavy (non-hydrogen) atoms. The van der Waals surface area contributed by atoms with E-state index >= 15 is 0 Å². The van der Waals surface area contributed by atoms with Crippen LogP contribution in [0.1, 0.15) is 24.2 Å². The second-order valence-electron chi connectivity index (χ2n) is 6.82. The normalized spacial score (nSPS) is 17.0. The first-order valence-corrected chi connectivity index (χ1v) is 9.48. The minimum absolute atomic E-state index is 0.0634. The van der Waals surface area contributed by atoms with Crippen LogP contribution >= 0.6 is 11.6 Å². The number of nitrogens with one attached hydrogen (secondary N) is 3. The summed E-state index contributed by atoms with van der Waals surface area (Å²) in [5.74, 6) is -1.05. The molecule has 0 spiro atoms. The van der Waals surface area contributed by atoms with Crippen molar-refractivity contribution in [3.8, 4) is 0 Å². The van der Waals surface area contributed by atoms with Crippen LogP contribution in [0.5, 0.6) is 0 Å². The fourth-order valence-corrected chi connectivity index (χ4v) is 3.15. The van der Waals surface area contributed by atoms with E-state index in [1.807, 2.05) is 0 Å². The molecule has 1 saturated heterocycles. The largest absolute Gasteiger partial charge is 0.387 e. The molecule has 0 aromatic heterocycles. The van der Waals surface area contributed by atoms with Gasteiger partial charge in [0.25, 0.3) is 5.91 Å². The molecule has 1 aliphatic heterocycles. The summed E-state index contributed by atoms with van der Waals surface area (Å²) < 4.78 is 13.5. The van der Waals surface area contributed by atoms with Crippen molar-refractivity contribution in [2.45, 2.75) is 26.0 Å². The summed E-state index contributed by atoms with van der Waals surface area (Å²) in [4.78, 5) is 37.6. The molecule has 2 atom stereocenters. The van der Waals surface area contributed by atoms with Gasteiger partial charge in [-0.15, -0.1) is 0 Å². The van der Waals surface area contributed by atoms with Crippen molar-refractivity contribution in [1.82, 2.24) is 10.6 Å². The van der Waals surface area contributed by atoms with Gasteiger partial charge in [-0.25, -0.2) is 18.9 Å². The highest BCUT2D eigenvalue weighted by Crippen LogP contribution is 2.29. The van der Waals surface area contributed by atoms with Gasteiger partial charge in [-0.2, -0.15) is 0 Å². The quantitative estimate of drug-likeness (QED) is 0.542. The number of nitrogens with zero attached hydrogens (tertiary/aromatic N) is 1. The Balaban J connectivity index is 1.66. The second kappa shape index (κ2) is 8.68. The van der Waals surface area contributed by atoms with Crippen molar-refractivity contribution in [1.29, 1.82) is 0 Å². The van der Waals surface area contributed by atoms with E-state index < -0.39 is 30.0 Å². The fraction of sp³-hybridized carbons (Fsp3) is 0.250. The summed E-state index contributed by atoms with van der Waals surface area (Å²) in [6.45, 7) is 3.08. The number of carbonyl (C=O) groups excluding carboxylic acids is 3. The third-order valence-corrected chi connectivity index (χ3v) is 5.02. The summed E-state index contributed by atoms with van der Waals surface area (Å²) in [6, 6.07) is 6.92. The Hall–Kier alpha value is -3.17. The molecule has 0 bridgehead atoms. The maximum atomic E-state index is 13.5. The zero-order chi connectivity index (χ0) is 22.0. The second-order valence-corrected chi connectivity index (χ2v) is 7.23. The summed E-state index contributed by atoms with van der Waals surface area (Å²) in [5.41, 5.74) is 1.53. The molecule has 1 aliphatic rings. The number of halogens is 2. The van der Waals surface area contributed by atoms with Gasteiger partial charge in [-0.05, 0) is 49.2 Å².